The molecule has 0 amide bonds. The van der Waals surface area contributed by atoms with Crippen LogP contribution in [0.2, 0.25) is 0 Å². The normalized spacial score (nSPS) is 12.3. The molecule has 2 nitrogen and oxygen atoms in total. The lowest BCUT2D eigenvalue weighted by Gasteiger charge is -2.14. The molecule has 0 aliphatic heterocycles. The SMILES string of the molecule is CC(C)(C)c1noc2cc(Br)ccc12. The molecule has 3 heteroatoms. The molecule has 1 aromatic carbocycles. The van der Waals surface area contributed by atoms with E-state index >= 15 is 0 Å². The molecule has 2 aromatic rings. The van der Waals surface area contributed by atoms with Crippen molar-refractivity contribution in [3.8, 4) is 0 Å². The maximum absolute atomic E-state index is 5.28. The Morgan fingerprint density at radius 3 is 2.64 bits per heavy atom. The lowest BCUT2D eigenvalue weighted by molar-refractivity contribution is 0.419. The molecule has 2 rings (SSSR count). The van der Waals surface area contributed by atoms with Crippen molar-refractivity contribution in [3.63, 3.8) is 0 Å². The molecule has 0 fully saturated rings. The zero-order valence-corrected chi connectivity index (χ0v) is 10.1. The zero-order chi connectivity index (χ0) is 10.3. The molecule has 0 saturated carbocycles. The van der Waals surface area contributed by atoms with E-state index in [1.54, 1.807) is 0 Å². The van der Waals surface area contributed by atoms with E-state index in [-0.39, 0.29) is 5.41 Å². The Balaban J connectivity index is 2.70. The third-order valence-corrected chi connectivity index (χ3v) is 2.64. The van der Waals surface area contributed by atoms with Gasteiger partial charge < -0.3 is 4.52 Å². The topological polar surface area (TPSA) is 26.0 Å². The average molecular weight is 254 g/mol. The van der Waals surface area contributed by atoms with Crippen LogP contribution < -0.4 is 0 Å². The molecule has 14 heavy (non-hydrogen) atoms. The van der Waals surface area contributed by atoms with Crippen molar-refractivity contribution in [1.82, 2.24) is 5.16 Å². The first-order chi connectivity index (χ1) is 6.48. The van der Waals surface area contributed by atoms with Gasteiger partial charge in [0.05, 0.1) is 5.69 Å². The largest absolute Gasteiger partial charge is 0.356 e. The Bertz CT molecular complexity index is 468. The van der Waals surface area contributed by atoms with E-state index in [2.05, 4.69) is 41.9 Å². The molecule has 1 heterocycles. The molecule has 0 aliphatic rings. The van der Waals surface area contributed by atoms with Crippen LogP contribution in [0.4, 0.5) is 0 Å². The summed E-state index contributed by atoms with van der Waals surface area (Å²) in [5.41, 5.74) is 1.88. The Hall–Kier alpha value is -0.830. The number of nitrogens with zero attached hydrogens (tertiary/aromatic N) is 1. The van der Waals surface area contributed by atoms with Crippen LogP contribution in [0.1, 0.15) is 26.5 Å². The second-order valence-corrected chi connectivity index (χ2v) is 5.34. The number of fused-ring (bicyclic) bond motifs is 1. The van der Waals surface area contributed by atoms with E-state index in [1.807, 2.05) is 18.2 Å². The number of benzene rings is 1. The lowest BCUT2D eigenvalue weighted by atomic mass is 9.90. The van der Waals surface area contributed by atoms with Gasteiger partial charge in [-0.1, -0.05) is 41.9 Å². The number of aromatic nitrogens is 1. The van der Waals surface area contributed by atoms with E-state index < -0.39 is 0 Å². The Morgan fingerprint density at radius 1 is 1.29 bits per heavy atom. The van der Waals surface area contributed by atoms with Crippen molar-refractivity contribution in [1.29, 1.82) is 0 Å². The van der Waals surface area contributed by atoms with Crippen molar-refractivity contribution in [2.75, 3.05) is 0 Å². The monoisotopic (exact) mass is 253 g/mol. The smallest absolute Gasteiger partial charge is 0.168 e. The first kappa shape index (κ1) is 9.71. The highest BCUT2D eigenvalue weighted by Crippen LogP contribution is 2.30. The van der Waals surface area contributed by atoms with Crippen LogP contribution in [0.3, 0.4) is 0 Å². The second kappa shape index (κ2) is 3.09. The molecule has 0 saturated heterocycles. The summed E-state index contributed by atoms with van der Waals surface area (Å²) in [6.07, 6.45) is 0. The van der Waals surface area contributed by atoms with Gasteiger partial charge in [0.1, 0.15) is 0 Å². The van der Waals surface area contributed by atoms with Gasteiger partial charge in [-0.05, 0) is 18.2 Å². The van der Waals surface area contributed by atoms with E-state index in [1.165, 1.54) is 0 Å². The van der Waals surface area contributed by atoms with Crippen molar-refractivity contribution >= 4 is 26.9 Å². The quantitative estimate of drug-likeness (QED) is 0.712. The summed E-state index contributed by atoms with van der Waals surface area (Å²) in [6, 6.07) is 5.99. The Labute approximate surface area is 91.4 Å². The molecule has 1 aromatic heterocycles. The highest BCUT2D eigenvalue weighted by atomic mass is 79.9. The van der Waals surface area contributed by atoms with Gasteiger partial charge in [0.15, 0.2) is 5.58 Å². The fourth-order valence-electron chi connectivity index (χ4n) is 1.45. The molecule has 0 unspecified atom stereocenters. The van der Waals surface area contributed by atoms with E-state index in [0.717, 1.165) is 21.1 Å². The molecule has 0 bridgehead atoms. The molecule has 0 N–H and O–H groups in total. The summed E-state index contributed by atoms with van der Waals surface area (Å²) < 4.78 is 6.29. The maximum Gasteiger partial charge on any atom is 0.168 e. The van der Waals surface area contributed by atoms with Crippen molar-refractivity contribution in [2.24, 2.45) is 0 Å². The van der Waals surface area contributed by atoms with E-state index in [9.17, 15) is 0 Å². The summed E-state index contributed by atoms with van der Waals surface area (Å²) in [7, 11) is 0. The predicted molar refractivity (Wildman–Crippen MR) is 60.4 cm³/mol. The minimum Gasteiger partial charge on any atom is -0.356 e. The van der Waals surface area contributed by atoms with Crippen LogP contribution in [-0.4, -0.2) is 5.16 Å². The van der Waals surface area contributed by atoms with Gasteiger partial charge in [0.2, 0.25) is 0 Å². The van der Waals surface area contributed by atoms with Crippen LogP contribution in [-0.2, 0) is 5.41 Å². The second-order valence-electron chi connectivity index (χ2n) is 4.42. The highest BCUT2D eigenvalue weighted by molar-refractivity contribution is 9.10. The van der Waals surface area contributed by atoms with Crippen molar-refractivity contribution in [3.05, 3.63) is 28.4 Å². The van der Waals surface area contributed by atoms with Gasteiger partial charge in [-0.15, -0.1) is 0 Å². The van der Waals surface area contributed by atoms with Gasteiger partial charge in [-0.3, -0.25) is 0 Å². The van der Waals surface area contributed by atoms with E-state index in [4.69, 9.17) is 4.52 Å². The third-order valence-electron chi connectivity index (χ3n) is 2.14. The van der Waals surface area contributed by atoms with Crippen molar-refractivity contribution in [2.45, 2.75) is 26.2 Å². The van der Waals surface area contributed by atoms with Gasteiger partial charge in [0.25, 0.3) is 0 Å². The first-order valence-corrected chi connectivity index (χ1v) is 5.33. The standard InChI is InChI=1S/C11H12BrNO/c1-11(2,3)10-8-5-4-7(12)6-9(8)14-13-10/h4-6H,1-3H3. The summed E-state index contributed by atoms with van der Waals surface area (Å²) in [5.74, 6) is 0. The van der Waals surface area contributed by atoms with E-state index in [0.29, 0.717) is 0 Å². The fourth-order valence-corrected chi connectivity index (χ4v) is 1.79. The number of hydrogen-bond donors (Lipinski definition) is 0. The first-order valence-electron chi connectivity index (χ1n) is 4.54. The Morgan fingerprint density at radius 2 is 2.00 bits per heavy atom. The van der Waals surface area contributed by atoms with Crippen LogP contribution >= 0.6 is 15.9 Å². The molecule has 0 spiro atoms. The molecule has 74 valence electrons. The molecular formula is C11H12BrNO. The molecule has 0 radical (unpaired) electrons. The van der Waals surface area contributed by atoms with Crippen LogP contribution in [0.25, 0.3) is 11.0 Å². The predicted octanol–water partition coefficient (Wildman–Crippen LogP) is 3.89. The van der Waals surface area contributed by atoms with Crippen molar-refractivity contribution < 1.29 is 4.52 Å². The average Bonchev–Trinajstić information content (AvgIpc) is 2.45. The van der Waals surface area contributed by atoms with Crippen LogP contribution in [0.15, 0.2) is 27.2 Å². The number of hydrogen-bond acceptors (Lipinski definition) is 2. The maximum atomic E-state index is 5.28. The highest BCUT2D eigenvalue weighted by Gasteiger charge is 2.21. The number of rotatable bonds is 0. The van der Waals surface area contributed by atoms with Gasteiger partial charge >= 0.3 is 0 Å². The summed E-state index contributed by atoms with van der Waals surface area (Å²) in [6.45, 7) is 6.39. The fraction of sp³-hybridized carbons (Fsp3) is 0.364. The molecule has 0 aliphatic carbocycles. The summed E-state index contributed by atoms with van der Waals surface area (Å²) >= 11 is 3.40. The summed E-state index contributed by atoms with van der Waals surface area (Å²) in [4.78, 5) is 0. The lowest BCUT2D eigenvalue weighted by Crippen LogP contribution is -2.11. The summed E-state index contributed by atoms with van der Waals surface area (Å²) in [5, 5.41) is 5.21. The molecular weight excluding hydrogens is 242 g/mol. The number of halogens is 1. The third kappa shape index (κ3) is 1.57. The minimum absolute atomic E-state index is 0.0269. The Kier molecular flexibility index (Phi) is 2.14. The minimum atomic E-state index is 0.0269. The van der Waals surface area contributed by atoms with Gasteiger partial charge in [-0.25, -0.2) is 0 Å². The van der Waals surface area contributed by atoms with Gasteiger partial charge in [-0.2, -0.15) is 0 Å². The molecule has 0 atom stereocenters. The van der Waals surface area contributed by atoms with Gasteiger partial charge in [0, 0.05) is 15.3 Å². The van der Waals surface area contributed by atoms with Crippen LogP contribution in [0, 0.1) is 0 Å². The van der Waals surface area contributed by atoms with Crippen LogP contribution in [0.5, 0.6) is 0 Å². The zero-order valence-electron chi connectivity index (χ0n) is 8.47.